The maximum absolute atomic E-state index is 12.5. The third-order valence-electron chi connectivity index (χ3n) is 7.50. The first-order valence-corrected chi connectivity index (χ1v) is 15.5. The fourth-order valence-electron chi connectivity index (χ4n) is 4.89. The molecule has 0 aromatic carbocycles. The molecule has 1 rings (SSSR count). The topological polar surface area (TPSA) is 33.0 Å². The fraction of sp³-hybridized carbons (Fsp3) is 0.812. The quantitative estimate of drug-likeness (QED) is 0.0781. The van der Waals surface area contributed by atoms with Crippen molar-refractivity contribution in [2.45, 2.75) is 116 Å². The summed E-state index contributed by atoms with van der Waals surface area (Å²) < 4.78 is 4.17. The van der Waals surface area contributed by atoms with Crippen molar-refractivity contribution in [3.63, 3.8) is 0 Å². The number of halogens is 3. The van der Waals surface area contributed by atoms with Crippen LogP contribution in [0.4, 0.5) is 5.82 Å². The second-order valence-corrected chi connectivity index (χ2v) is 12.9. The predicted molar refractivity (Wildman–Crippen MR) is 160 cm³/mol. The van der Waals surface area contributed by atoms with Gasteiger partial charge in [-0.2, -0.15) is 0 Å². The lowest BCUT2D eigenvalue weighted by Gasteiger charge is -2.30. The Morgan fingerprint density at radius 2 is 1.15 bits per heavy atom. The van der Waals surface area contributed by atoms with E-state index < -0.39 is 0 Å². The van der Waals surface area contributed by atoms with E-state index in [0.717, 1.165) is 40.7 Å². The molecule has 0 radical (unpaired) electrons. The van der Waals surface area contributed by atoms with E-state index in [1.54, 1.807) is 0 Å². The molecule has 0 saturated heterocycles. The first-order valence-electron chi connectivity index (χ1n) is 15.5. The van der Waals surface area contributed by atoms with Crippen LogP contribution in [0.15, 0.2) is 24.4 Å². The molecule has 0 fully saturated rings. The zero-order valence-electron chi connectivity index (χ0n) is 26.8. The zero-order chi connectivity index (χ0) is 27.4. The average molecular weight is 760 g/mol. The number of likely N-dealkylation sites (N-methyl/N-ethyl adjacent to an activating group) is 1. The number of anilines is 1. The van der Waals surface area contributed by atoms with Gasteiger partial charge in [-0.1, -0.05) is 77.2 Å². The van der Waals surface area contributed by atoms with Gasteiger partial charge in [0.2, 0.25) is 0 Å². The lowest BCUT2D eigenvalue weighted by atomic mass is 10.1. The number of unbranched alkanes of at least 4 members (excludes halogenated alkanes) is 13. The number of pyridine rings is 1. The normalized spacial score (nSPS) is 11.2. The SMILES string of the molecule is CCCCCCCCCCCCCC[N+](C)(C)CCCCCC(=O)Nc1cccc[n+]1CC[N+](C)(C)C.[Br-].[Br-].[Br-]. The number of hydrogen-bond acceptors (Lipinski definition) is 1. The Labute approximate surface area is 280 Å². The van der Waals surface area contributed by atoms with Gasteiger partial charge >= 0.3 is 5.91 Å². The smallest absolute Gasteiger partial charge is 0.307 e. The van der Waals surface area contributed by atoms with Crippen LogP contribution < -0.4 is 60.8 Å². The van der Waals surface area contributed by atoms with Crippen LogP contribution >= 0.6 is 0 Å². The van der Waals surface area contributed by atoms with Crippen LogP contribution in [0.3, 0.4) is 0 Å². The number of nitrogens with one attached hydrogen (secondary N) is 1. The number of nitrogens with zero attached hydrogens (tertiary/aromatic N) is 3. The van der Waals surface area contributed by atoms with Crippen LogP contribution in [0, 0.1) is 0 Å². The van der Waals surface area contributed by atoms with Gasteiger partial charge in [0.05, 0.1) is 54.5 Å². The number of quaternary nitrogens is 2. The van der Waals surface area contributed by atoms with E-state index in [4.69, 9.17) is 0 Å². The molecule has 1 N–H and O–H groups in total. The minimum absolute atomic E-state index is 0. The third kappa shape index (κ3) is 25.7. The molecular weight excluding hydrogens is 696 g/mol. The van der Waals surface area contributed by atoms with Crippen molar-refractivity contribution < 1.29 is 69.3 Å². The molecule has 40 heavy (non-hydrogen) atoms. The first kappa shape index (κ1) is 44.4. The van der Waals surface area contributed by atoms with E-state index in [1.165, 1.54) is 96.6 Å². The summed E-state index contributed by atoms with van der Waals surface area (Å²) in [7, 11) is 11.3. The van der Waals surface area contributed by atoms with Gasteiger partial charge in [-0.3, -0.25) is 0 Å². The Hall–Kier alpha value is -0.0200. The van der Waals surface area contributed by atoms with Gasteiger partial charge in [-0.25, -0.2) is 14.7 Å². The highest BCUT2D eigenvalue weighted by atomic mass is 79.9. The second kappa shape index (κ2) is 26.6. The zero-order valence-corrected chi connectivity index (χ0v) is 31.6. The summed E-state index contributed by atoms with van der Waals surface area (Å²) in [4.78, 5) is 12.5. The van der Waals surface area contributed by atoms with Crippen molar-refractivity contribution in [1.29, 1.82) is 0 Å². The van der Waals surface area contributed by atoms with Gasteiger partial charge in [0.15, 0.2) is 0 Å². The number of aromatic nitrogens is 1. The summed E-state index contributed by atoms with van der Waals surface area (Å²) in [5.41, 5.74) is 0. The van der Waals surface area contributed by atoms with E-state index in [0.29, 0.717) is 6.42 Å². The van der Waals surface area contributed by atoms with Crippen LogP contribution in [0.5, 0.6) is 0 Å². The standard InChI is InChI=1S/C32H62N4O.3BrH/c1-7-8-9-10-11-12-13-14-15-16-17-22-28-36(5,6)29-23-18-19-25-32(37)33-31-24-20-21-26-34(31)27-30-35(2,3)4;;;/h20-21,24,26H,7-19,22-23,25,27-30H2,1-6H3;3*1H/q+2;;;/p-2. The summed E-state index contributed by atoms with van der Waals surface area (Å²) in [5.74, 6) is 1.04. The molecule has 1 aromatic rings. The Bertz CT molecular complexity index is 726. The first-order chi connectivity index (χ1) is 17.6. The molecule has 0 unspecified atom stereocenters. The van der Waals surface area contributed by atoms with E-state index in [2.05, 4.69) is 58.2 Å². The number of carbonyl (C=O) groups is 1. The van der Waals surface area contributed by atoms with Crippen LogP contribution in [0.25, 0.3) is 0 Å². The van der Waals surface area contributed by atoms with Crippen molar-refractivity contribution in [1.82, 2.24) is 0 Å². The van der Waals surface area contributed by atoms with Gasteiger partial charge in [-0.15, -0.1) is 0 Å². The molecule has 8 heteroatoms. The summed E-state index contributed by atoms with van der Waals surface area (Å²) >= 11 is 0. The van der Waals surface area contributed by atoms with Crippen molar-refractivity contribution in [3.8, 4) is 0 Å². The second-order valence-electron chi connectivity index (χ2n) is 12.9. The maximum Gasteiger partial charge on any atom is 0.307 e. The van der Waals surface area contributed by atoms with Crippen LogP contribution in [-0.4, -0.2) is 69.7 Å². The average Bonchev–Trinajstić information content (AvgIpc) is 2.83. The van der Waals surface area contributed by atoms with Crippen LogP contribution in [-0.2, 0) is 11.3 Å². The number of carbonyl (C=O) groups excluding carboxylic acids is 1. The predicted octanol–water partition coefficient (Wildman–Crippen LogP) is -2.03. The van der Waals surface area contributed by atoms with Crippen molar-refractivity contribution in [3.05, 3.63) is 24.4 Å². The summed E-state index contributed by atoms with van der Waals surface area (Å²) in [6, 6.07) is 6.03. The highest BCUT2D eigenvalue weighted by Crippen LogP contribution is 2.13. The van der Waals surface area contributed by atoms with Crippen LogP contribution in [0.2, 0.25) is 0 Å². The van der Waals surface area contributed by atoms with Crippen molar-refractivity contribution in [2.24, 2.45) is 0 Å². The fourth-order valence-corrected chi connectivity index (χ4v) is 4.89. The van der Waals surface area contributed by atoms with Gasteiger partial charge in [0, 0.05) is 12.5 Å². The molecule has 0 saturated carbocycles. The Balaban J connectivity index is -0.00000456. The molecule has 0 bridgehead atoms. The summed E-state index contributed by atoms with van der Waals surface area (Å²) in [6.45, 7) is 6.69. The summed E-state index contributed by atoms with van der Waals surface area (Å²) in [5, 5.41) is 3.13. The van der Waals surface area contributed by atoms with Crippen molar-refractivity contribution in [2.75, 3.05) is 60.2 Å². The lowest BCUT2D eigenvalue weighted by molar-refractivity contribution is -0.891. The van der Waals surface area contributed by atoms with Gasteiger partial charge in [0.1, 0.15) is 13.1 Å². The highest BCUT2D eigenvalue weighted by molar-refractivity contribution is 5.88. The molecule has 1 heterocycles. The van der Waals surface area contributed by atoms with E-state index in [9.17, 15) is 4.79 Å². The molecule has 1 amide bonds. The minimum Gasteiger partial charge on any atom is -1.00 e. The maximum atomic E-state index is 12.5. The molecule has 5 nitrogen and oxygen atoms in total. The molecule has 0 spiro atoms. The molecule has 0 aliphatic carbocycles. The molecule has 1 aromatic heterocycles. The number of amides is 1. The Morgan fingerprint density at radius 1 is 0.675 bits per heavy atom. The van der Waals surface area contributed by atoms with Gasteiger partial charge < -0.3 is 59.9 Å². The third-order valence-corrected chi connectivity index (χ3v) is 7.50. The summed E-state index contributed by atoms with van der Waals surface area (Å²) in [6.07, 6.45) is 22.9. The van der Waals surface area contributed by atoms with Crippen LogP contribution in [0.1, 0.15) is 110 Å². The number of hydrogen-bond donors (Lipinski definition) is 1. The van der Waals surface area contributed by atoms with Crippen molar-refractivity contribution >= 4 is 11.7 Å². The lowest BCUT2D eigenvalue weighted by Crippen LogP contribution is -3.00. The molecular formula is C32H63Br3N4O. The van der Waals surface area contributed by atoms with Gasteiger partial charge in [-0.05, 0) is 38.2 Å². The van der Waals surface area contributed by atoms with E-state index in [1.807, 2.05) is 18.2 Å². The van der Waals surface area contributed by atoms with Gasteiger partial charge in [0.25, 0.3) is 5.82 Å². The monoisotopic (exact) mass is 756 g/mol. The minimum atomic E-state index is 0. The Morgan fingerprint density at radius 3 is 1.65 bits per heavy atom. The Kier molecular flexibility index (Phi) is 29.5. The highest BCUT2D eigenvalue weighted by Gasteiger charge is 2.17. The molecule has 238 valence electrons. The largest absolute Gasteiger partial charge is 1.00 e. The number of rotatable bonds is 23. The molecule has 0 aliphatic rings. The molecule has 0 atom stereocenters. The molecule has 0 aliphatic heterocycles. The van der Waals surface area contributed by atoms with E-state index >= 15 is 0 Å². The van der Waals surface area contributed by atoms with E-state index in [-0.39, 0.29) is 56.9 Å².